The highest BCUT2D eigenvalue weighted by Gasteiger charge is 2.32. The lowest BCUT2D eigenvalue weighted by Crippen LogP contribution is -2.40. The van der Waals surface area contributed by atoms with Gasteiger partial charge < -0.3 is 15.0 Å². The van der Waals surface area contributed by atoms with E-state index in [1.165, 1.54) is 13.4 Å². The summed E-state index contributed by atoms with van der Waals surface area (Å²) in [6.07, 6.45) is 3.21. The lowest BCUT2D eigenvalue weighted by atomic mass is 10.1. The van der Waals surface area contributed by atoms with Gasteiger partial charge in [-0.1, -0.05) is 12.1 Å². The Balaban J connectivity index is 1.54. The number of anilines is 2. The van der Waals surface area contributed by atoms with Gasteiger partial charge in [0.1, 0.15) is 18.2 Å². The zero-order valence-electron chi connectivity index (χ0n) is 15.5. The van der Waals surface area contributed by atoms with Crippen molar-refractivity contribution in [3.63, 3.8) is 0 Å². The molecule has 7 nitrogen and oxygen atoms in total. The molecule has 1 aromatic heterocycles. The summed E-state index contributed by atoms with van der Waals surface area (Å²) >= 11 is 0. The van der Waals surface area contributed by atoms with E-state index in [1.807, 2.05) is 29.2 Å². The zero-order chi connectivity index (χ0) is 19.5. The highest BCUT2D eigenvalue weighted by atomic mass is 16.5. The number of methoxy groups -OCH3 is 1. The quantitative estimate of drug-likeness (QED) is 0.705. The van der Waals surface area contributed by atoms with Gasteiger partial charge in [0.15, 0.2) is 0 Å². The van der Waals surface area contributed by atoms with Gasteiger partial charge in [0.25, 0.3) is 0 Å². The monoisotopic (exact) mass is 376 g/mol. The number of para-hydroxylation sites is 1. The molecule has 1 atom stereocenters. The van der Waals surface area contributed by atoms with E-state index in [9.17, 15) is 9.59 Å². The highest BCUT2D eigenvalue weighted by molar-refractivity contribution is 5.99. The number of hydrogen-bond donors (Lipinski definition) is 1. The summed E-state index contributed by atoms with van der Waals surface area (Å²) in [5, 5.41) is 3.88. The molecule has 142 valence electrons. The molecule has 1 saturated heterocycles. The summed E-state index contributed by atoms with van der Waals surface area (Å²) in [5.41, 5.74) is 1.93. The minimum Gasteiger partial charge on any atom is -0.465 e. The Bertz CT molecular complexity index is 1010. The first-order valence-corrected chi connectivity index (χ1v) is 9.13. The minimum absolute atomic E-state index is 0.0917. The summed E-state index contributed by atoms with van der Waals surface area (Å²) in [6, 6.07) is 14.1. The van der Waals surface area contributed by atoms with Crippen LogP contribution in [0.1, 0.15) is 23.2 Å². The van der Waals surface area contributed by atoms with Crippen LogP contribution in [0.4, 0.5) is 11.5 Å². The number of amides is 1. The second-order valence-corrected chi connectivity index (χ2v) is 6.62. The molecule has 1 aliphatic rings. The lowest BCUT2D eigenvalue weighted by molar-refractivity contribution is -0.117. The van der Waals surface area contributed by atoms with Crippen molar-refractivity contribution in [1.29, 1.82) is 0 Å². The van der Waals surface area contributed by atoms with Gasteiger partial charge in [-0.3, -0.25) is 4.79 Å². The maximum atomic E-state index is 12.9. The standard InChI is InChI=1S/C21H20N4O3/c1-28-21(27)14-8-10-15(11-9-14)24-20(26)18-7-4-12-25(18)19-16-5-2-3-6-17(16)22-13-23-19/h2-3,5-6,8-11,13,18H,4,7,12H2,1H3,(H,24,26)/t18-/m0/s1. The van der Waals surface area contributed by atoms with Crippen LogP contribution < -0.4 is 10.2 Å². The van der Waals surface area contributed by atoms with Crippen molar-refractivity contribution < 1.29 is 14.3 Å². The normalized spacial score (nSPS) is 16.2. The fraction of sp³-hybridized carbons (Fsp3) is 0.238. The van der Waals surface area contributed by atoms with Crippen molar-refractivity contribution in [3.8, 4) is 0 Å². The fourth-order valence-corrected chi connectivity index (χ4v) is 3.55. The Morgan fingerprint density at radius 3 is 2.68 bits per heavy atom. The van der Waals surface area contributed by atoms with Crippen LogP contribution in [0, 0.1) is 0 Å². The minimum atomic E-state index is -0.407. The third-order valence-electron chi connectivity index (χ3n) is 4.92. The number of esters is 1. The molecule has 0 spiro atoms. The van der Waals surface area contributed by atoms with Gasteiger partial charge in [-0.25, -0.2) is 14.8 Å². The van der Waals surface area contributed by atoms with Crippen molar-refractivity contribution in [2.45, 2.75) is 18.9 Å². The van der Waals surface area contributed by atoms with E-state index in [0.717, 1.165) is 36.1 Å². The van der Waals surface area contributed by atoms with Gasteiger partial charge in [-0.15, -0.1) is 0 Å². The van der Waals surface area contributed by atoms with Crippen LogP contribution in [0.15, 0.2) is 54.9 Å². The first-order valence-electron chi connectivity index (χ1n) is 9.13. The van der Waals surface area contributed by atoms with Gasteiger partial charge in [-0.05, 0) is 49.2 Å². The Morgan fingerprint density at radius 1 is 1.11 bits per heavy atom. The van der Waals surface area contributed by atoms with Gasteiger partial charge >= 0.3 is 5.97 Å². The second kappa shape index (κ2) is 7.64. The SMILES string of the molecule is COC(=O)c1ccc(NC(=O)[C@@H]2CCCN2c2ncnc3ccccc23)cc1. The molecule has 2 heterocycles. The third kappa shape index (κ3) is 3.38. The molecule has 1 N–H and O–H groups in total. The van der Waals surface area contributed by atoms with Crippen LogP contribution in [0.3, 0.4) is 0 Å². The Labute approximate surface area is 162 Å². The van der Waals surface area contributed by atoms with E-state index in [0.29, 0.717) is 11.3 Å². The maximum absolute atomic E-state index is 12.9. The summed E-state index contributed by atoms with van der Waals surface area (Å²) < 4.78 is 4.69. The first kappa shape index (κ1) is 17.9. The van der Waals surface area contributed by atoms with Gasteiger partial charge in [0, 0.05) is 17.6 Å². The number of nitrogens with one attached hydrogen (secondary N) is 1. The summed E-state index contributed by atoms with van der Waals surface area (Å²) in [5.74, 6) is 0.283. The highest BCUT2D eigenvalue weighted by Crippen LogP contribution is 2.30. The first-order chi connectivity index (χ1) is 13.7. The molecule has 2 aromatic carbocycles. The van der Waals surface area contributed by atoms with Crippen LogP contribution in [0.2, 0.25) is 0 Å². The molecule has 0 aliphatic carbocycles. The van der Waals surface area contributed by atoms with E-state index in [1.54, 1.807) is 24.3 Å². The molecule has 7 heteroatoms. The predicted molar refractivity (Wildman–Crippen MR) is 106 cm³/mol. The Kier molecular flexibility index (Phi) is 4.89. The molecule has 4 rings (SSSR count). The molecular formula is C21H20N4O3. The number of aromatic nitrogens is 2. The largest absolute Gasteiger partial charge is 0.465 e. The van der Waals surface area contributed by atoms with Gasteiger partial charge in [0.2, 0.25) is 5.91 Å². The number of carbonyl (C=O) groups is 2. The van der Waals surface area contributed by atoms with E-state index >= 15 is 0 Å². The number of hydrogen-bond acceptors (Lipinski definition) is 6. The van der Waals surface area contributed by atoms with Crippen molar-refractivity contribution >= 4 is 34.3 Å². The molecular weight excluding hydrogens is 356 g/mol. The molecule has 0 unspecified atom stereocenters. The molecule has 1 amide bonds. The van der Waals surface area contributed by atoms with Crippen LogP contribution in [0.5, 0.6) is 0 Å². The summed E-state index contributed by atoms with van der Waals surface area (Å²) in [7, 11) is 1.34. The number of nitrogens with zero attached hydrogens (tertiary/aromatic N) is 3. The van der Waals surface area contributed by atoms with Crippen LogP contribution >= 0.6 is 0 Å². The van der Waals surface area contributed by atoms with Crippen molar-refractivity contribution in [1.82, 2.24) is 9.97 Å². The number of rotatable bonds is 4. The second-order valence-electron chi connectivity index (χ2n) is 6.62. The molecule has 1 fully saturated rings. The molecule has 0 bridgehead atoms. The van der Waals surface area contributed by atoms with E-state index in [4.69, 9.17) is 4.74 Å². The molecule has 3 aromatic rings. The Hall–Kier alpha value is -3.48. The summed E-state index contributed by atoms with van der Waals surface area (Å²) in [6.45, 7) is 0.764. The average Bonchev–Trinajstić information content (AvgIpc) is 3.23. The van der Waals surface area contributed by atoms with Gasteiger partial charge in [-0.2, -0.15) is 0 Å². The van der Waals surface area contributed by atoms with Crippen LogP contribution in [-0.2, 0) is 9.53 Å². The van der Waals surface area contributed by atoms with Crippen molar-refractivity contribution in [2.75, 3.05) is 23.9 Å². The number of fused-ring (bicyclic) bond motifs is 1. The molecule has 1 aliphatic heterocycles. The number of carbonyl (C=O) groups excluding carboxylic acids is 2. The molecule has 0 radical (unpaired) electrons. The van der Waals surface area contributed by atoms with E-state index < -0.39 is 5.97 Å². The Morgan fingerprint density at radius 2 is 1.89 bits per heavy atom. The summed E-state index contributed by atoms with van der Waals surface area (Å²) in [4.78, 5) is 35.3. The molecule has 0 saturated carbocycles. The number of benzene rings is 2. The van der Waals surface area contributed by atoms with Gasteiger partial charge in [0.05, 0.1) is 18.2 Å². The van der Waals surface area contributed by atoms with Crippen LogP contribution in [0.25, 0.3) is 10.9 Å². The van der Waals surface area contributed by atoms with Crippen molar-refractivity contribution in [3.05, 3.63) is 60.4 Å². The molecule has 28 heavy (non-hydrogen) atoms. The van der Waals surface area contributed by atoms with E-state index in [-0.39, 0.29) is 11.9 Å². The topological polar surface area (TPSA) is 84.4 Å². The number of ether oxygens (including phenoxy) is 1. The van der Waals surface area contributed by atoms with Crippen LogP contribution in [-0.4, -0.2) is 41.5 Å². The zero-order valence-corrected chi connectivity index (χ0v) is 15.5. The third-order valence-corrected chi connectivity index (χ3v) is 4.92. The van der Waals surface area contributed by atoms with Crippen molar-refractivity contribution in [2.24, 2.45) is 0 Å². The van der Waals surface area contributed by atoms with E-state index in [2.05, 4.69) is 15.3 Å². The smallest absolute Gasteiger partial charge is 0.337 e. The lowest BCUT2D eigenvalue weighted by Gasteiger charge is -2.25. The fourth-order valence-electron chi connectivity index (χ4n) is 3.55. The maximum Gasteiger partial charge on any atom is 0.337 e. The average molecular weight is 376 g/mol. The predicted octanol–water partition coefficient (Wildman–Crippen LogP) is 3.02.